The highest BCUT2D eigenvalue weighted by molar-refractivity contribution is 9.10. The molecular formula is C19H20BrNO3. The van der Waals surface area contributed by atoms with Crippen molar-refractivity contribution in [1.29, 1.82) is 0 Å². The van der Waals surface area contributed by atoms with Gasteiger partial charge in [-0.2, -0.15) is 0 Å². The molecule has 1 amide bonds. The summed E-state index contributed by atoms with van der Waals surface area (Å²) in [6.07, 6.45) is 0.867. The van der Waals surface area contributed by atoms with Crippen LogP contribution in [0.1, 0.15) is 30.5 Å². The van der Waals surface area contributed by atoms with E-state index in [9.17, 15) is 9.59 Å². The van der Waals surface area contributed by atoms with Crippen LogP contribution in [0.2, 0.25) is 0 Å². The maximum atomic E-state index is 11.9. The number of ether oxygens (including phenoxy) is 1. The van der Waals surface area contributed by atoms with Crippen LogP contribution < -0.4 is 5.32 Å². The summed E-state index contributed by atoms with van der Waals surface area (Å²) in [5.41, 5.74) is 2.04. The number of carbonyl (C=O) groups excluding carboxylic acids is 2. The van der Waals surface area contributed by atoms with Gasteiger partial charge in [0.25, 0.3) is 5.91 Å². The number of benzene rings is 2. The van der Waals surface area contributed by atoms with E-state index in [4.69, 9.17) is 4.74 Å². The highest BCUT2D eigenvalue weighted by atomic mass is 79.9. The molecule has 5 heteroatoms. The number of hydrogen-bond donors (Lipinski definition) is 1. The van der Waals surface area contributed by atoms with Crippen molar-refractivity contribution in [1.82, 2.24) is 5.32 Å². The summed E-state index contributed by atoms with van der Waals surface area (Å²) in [4.78, 5) is 23.6. The lowest BCUT2D eigenvalue weighted by atomic mass is 10.1. The first-order valence-corrected chi connectivity index (χ1v) is 8.59. The maximum absolute atomic E-state index is 11.9. The Morgan fingerprint density at radius 3 is 2.46 bits per heavy atom. The SMILES string of the molecule is C[C@@H](NC(=O)COC(=O)CCc1ccccc1)c1ccccc1Br. The number of aryl methyl sites for hydroxylation is 1. The molecule has 0 radical (unpaired) electrons. The highest BCUT2D eigenvalue weighted by Crippen LogP contribution is 2.22. The van der Waals surface area contributed by atoms with E-state index in [0.29, 0.717) is 6.42 Å². The van der Waals surface area contributed by atoms with Crippen molar-refractivity contribution in [2.24, 2.45) is 0 Å². The maximum Gasteiger partial charge on any atom is 0.306 e. The summed E-state index contributed by atoms with van der Waals surface area (Å²) < 4.78 is 5.96. The molecule has 0 aliphatic carbocycles. The minimum Gasteiger partial charge on any atom is -0.456 e. The molecule has 0 fully saturated rings. The molecule has 4 nitrogen and oxygen atoms in total. The fourth-order valence-electron chi connectivity index (χ4n) is 2.30. The van der Waals surface area contributed by atoms with Gasteiger partial charge in [0, 0.05) is 10.9 Å². The zero-order chi connectivity index (χ0) is 17.4. The average molecular weight is 390 g/mol. The van der Waals surface area contributed by atoms with E-state index in [0.717, 1.165) is 15.6 Å². The van der Waals surface area contributed by atoms with Gasteiger partial charge >= 0.3 is 5.97 Å². The second-order valence-corrected chi connectivity index (χ2v) is 6.31. The Bertz CT molecular complexity index is 688. The molecule has 0 aliphatic rings. The van der Waals surface area contributed by atoms with Gasteiger partial charge in [0.1, 0.15) is 0 Å². The van der Waals surface area contributed by atoms with E-state index < -0.39 is 0 Å². The Morgan fingerprint density at radius 2 is 1.75 bits per heavy atom. The Kier molecular flexibility index (Phi) is 7.00. The monoisotopic (exact) mass is 389 g/mol. The predicted octanol–water partition coefficient (Wildman–Crippen LogP) is 3.80. The normalized spacial score (nSPS) is 11.6. The van der Waals surface area contributed by atoms with Gasteiger partial charge in [0.15, 0.2) is 6.61 Å². The lowest BCUT2D eigenvalue weighted by Crippen LogP contribution is -2.31. The molecule has 0 aliphatic heterocycles. The van der Waals surface area contributed by atoms with Crippen molar-refractivity contribution in [2.45, 2.75) is 25.8 Å². The molecule has 1 atom stereocenters. The molecule has 0 aromatic heterocycles. The standard InChI is InChI=1S/C19H20BrNO3/c1-14(16-9-5-6-10-17(16)20)21-18(22)13-24-19(23)12-11-15-7-3-2-4-8-15/h2-10,14H,11-13H2,1H3,(H,21,22)/t14-/m1/s1. The molecule has 24 heavy (non-hydrogen) atoms. The van der Waals surface area contributed by atoms with Gasteiger partial charge in [-0.25, -0.2) is 0 Å². The van der Waals surface area contributed by atoms with Gasteiger partial charge in [-0.3, -0.25) is 9.59 Å². The molecule has 0 saturated heterocycles. The zero-order valence-corrected chi connectivity index (χ0v) is 15.1. The van der Waals surface area contributed by atoms with Crippen molar-refractivity contribution < 1.29 is 14.3 Å². The van der Waals surface area contributed by atoms with Gasteiger partial charge in [0.05, 0.1) is 6.04 Å². The minimum atomic E-state index is -0.373. The zero-order valence-electron chi connectivity index (χ0n) is 13.5. The number of esters is 1. The van der Waals surface area contributed by atoms with Crippen molar-refractivity contribution in [3.63, 3.8) is 0 Å². The van der Waals surface area contributed by atoms with E-state index in [2.05, 4.69) is 21.2 Å². The van der Waals surface area contributed by atoms with Crippen LogP contribution in [-0.4, -0.2) is 18.5 Å². The van der Waals surface area contributed by atoms with Crippen LogP contribution in [0, 0.1) is 0 Å². The third-order valence-electron chi connectivity index (χ3n) is 3.57. The van der Waals surface area contributed by atoms with Gasteiger partial charge < -0.3 is 10.1 Å². The van der Waals surface area contributed by atoms with E-state index in [1.807, 2.05) is 61.5 Å². The first kappa shape index (κ1) is 18.2. The number of carbonyl (C=O) groups is 2. The Morgan fingerprint density at radius 1 is 1.08 bits per heavy atom. The fraction of sp³-hybridized carbons (Fsp3) is 0.263. The van der Waals surface area contributed by atoms with E-state index in [1.165, 1.54) is 0 Å². The lowest BCUT2D eigenvalue weighted by molar-refractivity contribution is -0.148. The lowest BCUT2D eigenvalue weighted by Gasteiger charge is -2.15. The van der Waals surface area contributed by atoms with Crippen LogP contribution in [-0.2, 0) is 20.7 Å². The molecule has 0 spiro atoms. The Labute approximate surface area is 150 Å². The molecule has 0 saturated carbocycles. The third kappa shape index (κ3) is 5.81. The summed E-state index contributed by atoms with van der Waals surface area (Å²) in [5.74, 6) is -0.686. The first-order valence-electron chi connectivity index (χ1n) is 7.79. The van der Waals surface area contributed by atoms with E-state index in [-0.39, 0.29) is 30.9 Å². The Hall–Kier alpha value is -2.14. The van der Waals surface area contributed by atoms with Gasteiger partial charge in [-0.1, -0.05) is 64.5 Å². The summed E-state index contributed by atoms with van der Waals surface area (Å²) in [6, 6.07) is 17.2. The second kappa shape index (κ2) is 9.23. The van der Waals surface area contributed by atoms with Crippen LogP contribution in [0.25, 0.3) is 0 Å². The molecule has 126 valence electrons. The highest BCUT2D eigenvalue weighted by Gasteiger charge is 2.13. The minimum absolute atomic E-state index is 0.170. The number of amides is 1. The smallest absolute Gasteiger partial charge is 0.306 e. The van der Waals surface area contributed by atoms with Gasteiger partial charge in [-0.05, 0) is 30.5 Å². The molecular weight excluding hydrogens is 370 g/mol. The molecule has 0 bridgehead atoms. The van der Waals surface area contributed by atoms with Crippen LogP contribution in [0.5, 0.6) is 0 Å². The van der Waals surface area contributed by atoms with Crippen LogP contribution in [0.4, 0.5) is 0 Å². The van der Waals surface area contributed by atoms with Crippen LogP contribution in [0.15, 0.2) is 59.1 Å². The van der Waals surface area contributed by atoms with Crippen LogP contribution in [0.3, 0.4) is 0 Å². The molecule has 0 unspecified atom stereocenters. The summed E-state index contributed by atoms with van der Waals surface area (Å²) >= 11 is 3.46. The molecule has 1 N–H and O–H groups in total. The molecule has 0 heterocycles. The summed E-state index contributed by atoms with van der Waals surface area (Å²) in [5, 5.41) is 2.82. The topological polar surface area (TPSA) is 55.4 Å². The van der Waals surface area contributed by atoms with E-state index >= 15 is 0 Å². The largest absolute Gasteiger partial charge is 0.456 e. The third-order valence-corrected chi connectivity index (χ3v) is 4.30. The number of hydrogen-bond acceptors (Lipinski definition) is 3. The fourth-order valence-corrected chi connectivity index (χ4v) is 2.92. The van der Waals surface area contributed by atoms with Gasteiger partial charge in [-0.15, -0.1) is 0 Å². The number of halogens is 1. The van der Waals surface area contributed by atoms with Crippen molar-refractivity contribution >= 4 is 27.8 Å². The summed E-state index contributed by atoms with van der Waals surface area (Å²) in [7, 11) is 0. The quantitative estimate of drug-likeness (QED) is 0.732. The Balaban J connectivity index is 1.72. The first-order chi connectivity index (χ1) is 11.6. The van der Waals surface area contributed by atoms with Gasteiger partial charge in [0.2, 0.25) is 0 Å². The molecule has 2 aromatic carbocycles. The average Bonchev–Trinajstić information content (AvgIpc) is 2.59. The number of nitrogens with one attached hydrogen (secondary N) is 1. The number of rotatable bonds is 7. The summed E-state index contributed by atoms with van der Waals surface area (Å²) in [6.45, 7) is 1.62. The van der Waals surface area contributed by atoms with Crippen molar-refractivity contribution in [3.8, 4) is 0 Å². The van der Waals surface area contributed by atoms with Crippen molar-refractivity contribution in [2.75, 3.05) is 6.61 Å². The molecule has 2 rings (SSSR count). The van der Waals surface area contributed by atoms with Crippen LogP contribution >= 0.6 is 15.9 Å². The predicted molar refractivity (Wildman–Crippen MR) is 96.4 cm³/mol. The van der Waals surface area contributed by atoms with Crippen molar-refractivity contribution in [3.05, 3.63) is 70.2 Å². The second-order valence-electron chi connectivity index (χ2n) is 5.46. The van der Waals surface area contributed by atoms with E-state index in [1.54, 1.807) is 0 Å². The molecule has 2 aromatic rings.